The van der Waals surface area contributed by atoms with Crippen LogP contribution in [0.25, 0.3) is 0 Å². The number of rotatable bonds is 13. The van der Waals surface area contributed by atoms with E-state index in [9.17, 15) is 9.90 Å². The summed E-state index contributed by atoms with van der Waals surface area (Å²) >= 11 is 6.01. The van der Waals surface area contributed by atoms with Gasteiger partial charge in [-0.3, -0.25) is 0 Å². The molecule has 1 N–H and O–H groups in total. The SMILES string of the molecule is COCCCN1CCOc2ccc(COC3CN(C(=O)O)CCC3c3ccc(OCCOc4cccc(Cl)c4)cc3)cc21. The largest absolute Gasteiger partial charge is 0.490 e. The number of piperidine rings is 1. The lowest BCUT2D eigenvalue weighted by Crippen LogP contribution is -2.46. The highest BCUT2D eigenvalue weighted by Gasteiger charge is 2.33. The van der Waals surface area contributed by atoms with Gasteiger partial charge in [0, 0.05) is 37.7 Å². The molecular weight excluding hydrogens is 572 g/mol. The van der Waals surface area contributed by atoms with E-state index in [1.807, 2.05) is 48.5 Å². The zero-order valence-electron chi connectivity index (χ0n) is 24.5. The summed E-state index contributed by atoms with van der Waals surface area (Å²) in [6, 6.07) is 21.4. The van der Waals surface area contributed by atoms with Gasteiger partial charge in [0.2, 0.25) is 0 Å². The third-order valence-corrected chi connectivity index (χ3v) is 8.01. The van der Waals surface area contributed by atoms with Crippen molar-refractivity contribution in [2.75, 3.05) is 64.6 Å². The van der Waals surface area contributed by atoms with E-state index in [1.165, 1.54) is 4.90 Å². The Labute approximate surface area is 257 Å². The third kappa shape index (κ3) is 8.46. The van der Waals surface area contributed by atoms with Gasteiger partial charge in [-0.25, -0.2) is 4.79 Å². The number of methoxy groups -OCH3 is 1. The highest BCUT2D eigenvalue weighted by atomic mass is 35.5. The van der Waals surface area contributed by atoms with Gasteiger partial charge in [0.05, 0.1) is 31.5 Å². The Kier molecular flexibility index (Phi) is 10.9. The fraction of sp³-hybridized carbons (Fsp3) is 0.424. The Hall–Kier alpha value is -3.66. The van der Waals surface area contributed by atoms with E-state index in [-0.39, 0.29) is 12.0 Å². The Morgan fingerprint density at radius 2 is 1.81 bits per heavy atom. The summed E-state index contributed by atoms with van der Waals surface area (Å²) in [4.78, 5) is 15.6. The van der Waals surface area contributed by atoms with Crippen LogP contribution in [0.2, 0.25) is 5.02 Å². The molecule has 0 saturated carbocycles. The van der Waals surface area contributed by atoms with Crippen molar-refractivity contribution in [3.8, 4) is 17.2 Å². The van der Waals surface area contributed by atoms with Crippen LogP contribution in [0.1, 0.15) is 29.9 Å². The molecule has 1 amide bonds. The smallest absolute Gasteiger partial charge is 0.407 e. The fourth-order valence-electron chi connectivity index (χ4n) is 5.57. The molecule has 0 radical (unpaired) electrons. The number of likely N-dealkylation sites (tertiary alicyclic amines) is 1. The van der Waals surface area contributed by atoms with Gasteiger partial charge in [-0.15, -0.1) is 0 Å². The van der Waals surface area contributed by atoms with E-state index >= 15 is 0 Å². The standard InChI is InChI=1S/C33H39ClN2O7/c1-39-16-3-13-35-15-17-42-31-11-6-24(20-30(31)35)23-43-32-22-36(33(37)38)14-12-29(32)25-7-9-27(10-8-25)40-18-19-41-28-5-2-4-26(34)21-28/h2,4-11,20-21,29,32H,3,12-19,22-23H2,1H3,(H,37,38). The number of nitrogens with zero attached hydrogens (tertiary/aromatic N) is 2. The zero-order chi connectivity index (χ0) is 30.0. The van der Waals surface area contributed by atoms with Crippen LogP contribution in [0.15, 0.2) is 66.7 Å². The molecule has 2 atom stereocenters. The number of hydrogen-bond acceptors (Lipinski definition) is 7. The minimum atomic E-state index is -0.923. The lowest BCUT2D eigenvalue weighted by atomic mass is 9.87. The van der Waals surface area contributed by atoms with Crippen LogP contribution >= 0.6 is 11.6 Å². The predicted octanol–water partition coefficient (Wildman–Crippen LogP) is 6.09. The Balaban J connectivity index is 1.20. The molecule has 230 valence electrons. The molecule has 1 saturated heterocycles. The first-order chi connectivity index (χ1) is 21.0. The number of amides is 1. The molecule has 0 aromatic heterocycles. The van der Waals surface area contributed by atoms with Gasteiger partial charge in [0.1, 0.15) is 37.1 Å². The van der Waals surface area contributed by atoms with E-state index in [0.717, 1.165) is 47.8 Å². The first-order valence-electron chi connectivity index (χ1n) is 14.7. The maximum Gasteiger partial charge on any atom is 0.407 e. The summed E-state index contributed by atoms with van der Waals surface area (Å²) in [5.74, 6) is 2.37. The summed E-state index contributed by atoms with van der Waals surface area (Å²) in [6.07, 6.45) is 0.406. The lowest BCUT2D eigenvalue weighted by Gasteiger charge is -2.37. The number of hydrogen-bond donors (Lipinski definition) is 1. The van der Waals surface area contributed by atoms with Crippen molar-refractivity contribution < 1.29 is 33.6 Å². The van der Waals surface area contributed by atoms with Crippen LogP contribution in [-0.4, -0.2) is 81.9 Å². The molecule has 0 bridgehead atoms. The third-order valence-electron chi connectivity index (χ3n) is 7.78. The first kappa shape index (κ1) is 30.8. The molecule has 10 heteroatoms. The lowest BCUT2D eigenvalue weighted by molar-refractivity contribution is -0.0199. The topological polar surface area (TPSA) is 89.9 Å². The number of carbonyl (C=O) groups is 1. The van der Waals surface area contributed by atoms with Gasteiger partial charge >= 0.3 is 6.09 Å². The van der Waals surface area contributed by atoms with Crippen LogP contribution < -0.4 is 19.1 Å². The van der Waals surface area contributed by atoms with Crippen molar-refractivity contribution in [2.45, 2.75) is 31.5 Å². The molecule has 9 nitrogen and oxygen atoms in total. The Morgan fingerprint density at radius 1 is 1.00 bits per heavy atom. The molecule has 2 heterocycles. The van der Waals surface area contributed by atoms with Gasteiger partial charge in [-0.1, -0.05) is 35.9 Å². The summed E-state index contributed by atoms with van der Waals surface area (Å²) in [5, 5.41) is 10.3. The predicted molar refractivity (Wildman–Crippen MR) is 165 cm³/mol. The molecule has 2 unspecified atom stereocenters. The van der Waals surface area contributed by atoms with E-state index in [0.29, 0.717) is 63.3 Å². The van der Waals surface area contributed by atoms with Crippen molar-refractivity contribution in [3.63, 3.8) is 0 Å². The number of benzene rings is 3. The molecule has 0 aliphatic carbocycles. The van der Waals surface area contributed by atoms with Gasteiger partial charge < -0.3 is 38.6 Å². The molecule has 0 spiro atoms. The number of halogens is 1. The summed E-state index contributed by atoms with van der Waals surface area (Å²) in [7, 11) is 1.72. The van der Waals surface area contributed by atoms with Crippen LogP contribution in [0.5, 0.6) is 17.2 Å². The Morgan fingerprint density at radius 3 is 2.58 bits per heavy atom. The molecule has 3 aromatic rings. The number of anilines is 1. The highest BCUT2D eigenvalue weighted by Crippen LogP contribution is 2.35. The molecule has 5 rings (SSSR count). The van der Waals surface area contributed by atoms with Gasteiger partial charge in [0.15, 0.2) is 0 Å². The van der Waals surface area contributed by atoms with Crippen molar-refractivity contribution in [3.05, 3.63) is 82.9 Å². The first-order valence-corrected chi connectivity index (χ1v) is 15.1. The van der Waals surface area contributed by atoms with Crippen molar-refractivity contribution in [1.29, 1.82) is 0 Å². The quantitative estimate of drug-likeness (QED) is 0.233. The van der Waals surface area contributed by atoms with Crippen molar-refractivity contribution in [2.24, 2.45) is 0 Å². The molecular formula is C33H39ClN2O7. The molecule has 3 aromatic carbocycles. The molecule has 2 aliphatic rings. The van der Waals surface area contributed by atoms with E-state index < -0.39 is 6.09 Å². The van der Waals surface area contributed by atoms with Gasteiger partial charge in [-0.05, 0) is 66.4 Å². The van der Waals surface area contributed by atoms with E-state index in [1.54, 1.807) is 19.2 Å². The van der Waals surface area contributed by atoms with Crippen LogP contribution in [0.4, 0.5) is 10.5 Å². The van der Waals surface area contributed by atoms with Crippen molar-refractivity contribution >= 4 is 23.4 Å². The average Bonchev–Trinajstić information content (AvgIpc) is 3.02. The average molecular weight is 611 g/mol. The minimum Gasteiger partial charge on any atom is -0.490 e. The monoisotopic (exact) mass is 610 g/mol. The molecule has 43 heavy (non-hydrogen) atoms. The van der Waals surface area contributed by atoms with Crippen molar-refractivity contribution in [1.82, 2.24) is 4.90 Å². The summed E-state index contributed by atoms with van der Waals surface area (Å²) in [5.41, 5.74) is 3.18. The summed E-state index contributed by atoms with van der Waals surface area (Å²) in [6.45, 7) is 5.03. The maximum atomic E-state index is 11.8. The number of fused-ring (bicyclic) bond motifs is 1. The van der Waals surface area contributed by atoms with Gasteiger partial charge in [0.25, 0.3) is 0 Å². The normalized spacial score (nSPS) is 18.1. The molecule has 2 aliphatic heterocycles. The van der Waals surface area contributed by atoms with E-state index in [4.69, 9.17) is 35.3 Å². The summed E-state index contributed by atoms with van der Waals surface area (Å²) < 4.78 is 29.1. The minimum absolute atomic E-state index is 0.0577. The van der Waals surface area contributed by atoms with Crippen LogP contribution in [0, 0.1) is 0 Å². The zero-order valence-corrected chi connectivity index (χ0v) is 25.2. The number of carboxylic acid groups (broad SMARTS) is 1. The highest BCUT2D eigenvalue weighted by molar-refractivity contribution is 6.30. The Bertz CT molecular complexity index is 1340. The maximum absolute atomic E-state index is 11.8. The number of ether oxygens (including phenoxy) is 5. The second-order valence-corrected chi connectivity index (χ2v) is 11.1. The van der Waals surface area contributed by atoms with Crippen LogP contribution in [-0.2, 0) is 16.1 Å². The van der Waals surface area contributed by atoms with Crippen LogP contribution in [0.3, 0.4) is 0 Å². The second-order valence-electron chi connectivity index (χ2n) is 10.7. The molecule has 1 fully saturated rings. The van der Waals surface area contributed by atoms with E-state index in [2.05, 4.69) is 11.0 Å². The second kappa shape index (κ2) is 15.2. The fourth-order valence-corrected chi connectivity index (χ4v) is 5.75. The van der Waals surface area contributed by atoms with Gasteiger partial charge in [-0.2, -0.15) is 0 Å².